The highest BCUT2D eigenvalue weighted by molar-refractivity contribution is 9.10. The van der Waals surface area contributed by atoms with Crippen LogP contribution in [0.5, 0.6) is 5.75 Å². The van der Waals surface area contributed by atoms with Gasteiger partial charge < -0.3 is 4.74 Å². The average molecular weight is 408 g/mol. The maximum atomic E-state index is 13.2. The maximum Gasteiger partial charge on any atom is 0.138 e. The van der Waals surface area contributed by atoms with Crippen molar-refractivity contribution in [3.63, 3.8) is 0 Å². The van der Waals surface area contributed by atoms with Crippen LogP contribution in [0.2, 0.25) is 5.02 Å². The number of rotatable bonds is 4. The van der Waals surface area contributed by atoms with Crippen molar-refractivity contribution in [3.8, 4) is 5.75 Å². The molecule has 2 aromatic rings. The van der Waals surface area contributed by atoms with Gasteiger partial charge in [0, 0.05) is 9.80 Å². The van der Waals surface area contributed by atoms with E-state index < -0.39 is 0 Å². The molecule has 0 aliphatic heterocycles. The summed E-state index contributed by atoms with van der Waals surface area (Å²) in [6.07, 6.45) is 0. The van der Waals surface area contributed by atoms with Crippen molar-refractivity contribution in [3.05, 3.63) is 62.8 Å². The van der Waals surface area contributed by atoms with Crippen molar-refractivity contribution >= 4 is 43.5 Å². The maximum absolute atomic E-state index is 13.2. The van der Waals surface area contributed by atoms with Gasteiger partial charge in [-0.05, 0) is 41.5 Å². The summed E-state index contributed by atoms with van der Waals surface area (Å²) in [5.41, 5.74) is 1.82. The van der Waals surface area contributed by atoms with E-state index in [-0.39, 0.29) is 12.4 Å². The summed E-state index contributed by atoms with van der Waals surface area (Å²) >= 11 is 12.7. The molecule has 0 aliphatic carbocycles. The minimum Gasteiger partial charge on any atom is -0.487 e. The quantitative estimate of drug-likeness (QED) is 0.589. The summed E-state index contributed by atoms with van der Waals surface area (Å²) in [6, 6.07) is 10.2. The second-order valence-corrected chi connectivity index (χ2v) is 5.85. The topological polar surface area (TPSA) is 9.23 Å². The van der Waals surface area contributed by atoms with E-state index in [9.17, 15) is 4.39 Å². The molecule has 19 heavy (non-hydrogen) atoms. The van der Waals surface area contributed by atoms with Gasteiger partial charge in [0.25, 0.3) is 0 Å². The molecule has 0 heterocycles. The predicted octanol–water partition coefficient (Wildman–Crippen LogP) is 5.72. The SMILES string of the molecule is Fc1cc(Br)cc(COc2ccc(CBr)cc2Cl)c1. The number of benzene rings is 2. The zero-order chi connectivity index (χ0) is 13.8. The molecule has 0 saturated carbocycles. The van der Waals surface area contributed by atoms with Crippen molar-refractivity contribution in [2.45, 2.75) is 11.9 Å². The minimum absolute atomic E-state index is 0.268. The molecular formula is C14H10Br2ClFO. The van der Waals surface area contributed by atoms with E-state index in [1.807, 2.05) is 24.3 Å². The number of ether oxygens (including phenoxy) is 1. The Balaban J connectivity index is 2.10. The van der Waals surface area contributed by atoms with E-state index in [1.54, 1.807) is 0 Å². The zero-order valence-corrected chi connectivity index (χ0v) is 13.7. The third kappa shape index (κ3) is 4.20. The number of halogens is 4. The molecule has 0 bridgehead atoms. The van der Waals surface area contributed by atoms with Crippen LogP contribution in [0.25, 0.3) is 0 Å². The molecule has 2 aromatic carbocycles. The average Bonchev–Trinajstić information content (AvgIpc) is 2.36. The first-order chi connectivity index (χ1) is 9.08. The largest absolute Gasteiger partial charge is 0.487 e. The van der Waals surface area contributed by atoms with E-state index in [2.05, 4.69) is 31.9 Å². The first kappa shape index (κ1) is 14.8. The van der Waals surface area contributed by atoms with E-state index in [0.717, 1.165) is 16.5 Å². The van der Waals surface area contributed by atoms with Crippen LogP contribution in [0.15, 0.2) is 40.9 Å². The summed E-state index contributed by atoms with van der Waals surface area (Å²) in [5.74, 6) is 0.292. The molecule has 0 amide bonds. The molecule has 5 heteroatoms. The lowest BCUT2D eigenvalue weighted by Crippen LogP contribution is -1.97. The van der Waals surface area contributed by atoms with Crippen LogP contribution in [0.4, 0.5) is 4.39 Å². The van der Waals surface area contributed by atoms with Crippen molar-refractivity contribution in [1.82, 2.24) is 0 Å². The van der Waals surface area contributed by atoms with Crippen LogP contribution >= 0.6 is 43.5 Å². The Hall–Kier alpha value is -0.580. The molecule has 0 aliphatic rings. The summed E-state index contributed by atoms with van der Waals surface area (Å²) in [6.45, 7) is 0.268. The van der Waals surface area contributed by atoms with Crippen LogP contribution in [0, 0.1) is 5.82 Å². The first-order valence-corrected chi connectivity index (χ1v) is 7.80. The molecule has 0 unspecified atom stereocenters. The molecule has 0 spiro atoms. The van der Waals surface area contributed by atoms with Crippen LogP contribution in [0.3, 0.4) is 0 Å². The van der Waals surface area contributed by atoms with Gasteiger partial charge in [0.05, 0.1) is 5.02 Å². The monoisotopic (exact) mass is 406 g/mol. The normalized spacial score (nSPS) is 10.5. The summed E-state index contributed by atoms with van der Waals surface area (Å²) in [7, 11) is 0. The van der Waals surface area contributed by atoms with Gasteiger partial charge in [-0.1, -0.05) is 49.5 Å². The summed E-state index contributed by atoms with van der Waals surface area (Å²) < 4.78 is 19.5. The minimum atomic E-state index is -0.297. The van der Waals surface area contributed by atoms with Gasteiger partial charge in [-0.3, -0.25) is 0 Å². The van der Waals surface area contributed by atoms with Crippen molar-refractivity contribution in [2.75, 3.05) is 0 Å². The molecule has 1 nitrogen and oxygen atoms in total. The third-order valence-corrected chi connectivity index (χ3v) is 3.87. The number of hydrogen-bond acceptors (Lipinski definition) is 1. The molecule has 100 valence electrons. The Labute approximate surface area is 133 Å². The van der Waals surface area contributed by atoms with E-state index in [0.29, 0.717) is 15.2 Å². The fraction of sp³-hybridized carbons (Fsp3) is 0.143. The highest BCUT2D eigenvalue weighted by Gasteiger charge is 2.05. The summed E-state index contributed by atoms with van der Waals surface area (Å²) in [5, 5.41) is 1.29. The lowest BCUT2D eigenvalue weighted by atomic mass is 10.2. The smallest absolute Gasteiger partial charge is 0.138 e. The van der Waals surface area contributed by atoms with Crippen LogP contribution in [0.1, 0.15) is 11.1 Å². The van der Waals surface area contributed by atoms with Gasteiger partial charge in [0.2, 0.25) is 0 Å². The molecule has 0 fully saturated rings. The Bertz CT molecular complexity index is 569. The summed E-state index contributed by atoms with van der Waals surface area (Å²) in [4.78, 5) is 0. The Morgan fingerprint density at radius 2 is 1.89 bits per heavy atom. The Morgan fingerprint density at radius 3 is 2.53 bits per heavy atom. The van der Waals surface area contributed by atoms with Gasteiger partial charge in [-0.25, -0.2) is 4.39 Å². The third-order valence-electron chi connectivity index (χ3n) is 2.47. The fourth-order valence-corrected chi connectivity index (χ4v) is 2.72. The lowest BCUT2D eigenvalue weighted by Gasteiger charge is -2.09. The Morgan fingerprint density at radius 1 is 1.11 bits per heavy atom. The van der Waals surface area contributed by atoms with Gasteiger partial charge in [0.1, 0.15) is 18.2 Å². The molecule has 0 aromatic heterocycles. The molecule has 0 N–H and O–H groups in total. The van der Waals surface area contributed by atoms with Gasteiger partial charge >= 0.3 is 0 Å². The van der Waals surface area contributed by atoms with Crippen molar-refractivity contribution in [1.29, 1.82) is 0 Å². The molecule has 0 radical (unpaired) electrons. The fourth-order valence-electron chi connectivity index (χ4n) is 1.60. The second kappa shape index (κ2) is 6.73. The van der Waals surface area contributed by atoms with Crippen molar-refractivity contribution in [2.24, 2.45) is 0 Å². The van der Waals surface area contributed by atoms with E-state index in [1.165, 1.54) is 12.1 Å². The molecule has 0 atom stereocenters. The van der Waals surface area contributed by atoms with Gasteiger partial charge in [-0.15, -0.1) is 0 Å². The second-order valence-electron chi connectivity index (χ2n) is 3.96. The van der Waals surface area contributed by atoms with Gasteiger partial charge in [-0.2, -0.15) is 0 Å². The lowest BCUT2D eigenvalue weighted by molar-refractivity contribution is 0.305. The van der Waals surface area contributed by atoms with Crippen LogP contribution in [-0.2, 0) is 11.9 Å². The van der Waals surface area contributed by atoms with Crippen LogP contribution in [-0.4, -0.2) is 0 Å². The first-order valence-electron chi connectivity index (χ1n) is 5.50. The highest BCUT2D eigenvalue weighted by atomic mass is 79.9. The Kier molecular flexibility index (Phi) is 5.25. The number of alkyl halides is 1. The number of hydrogen-bond donors (Lipinski definition) is 0. The molecule has 0 saturated heterocycles. The van der Waals surface area contributed by atoms with E-state index >= 15 is 0 Å². The van der Waals surface area contributed by atoms with Crippen LogP contribution < -0.4 is 4.74 Å². The highest BCUT2D eigenvalue weighted by Crippen LogP contribution is 2.27. The van der Waals surface area contributed by atoms with Gasteiger partial charge in [0.15, 0.2) is 0 Å². The molecular weight excluding hydrogens is 398 g/mol. The predicted molar refractivity (Wildman–Crippen MR) is 82.5 cm³/mol. The standard InChI is InChI=1S/C14H10Br2ClFO/c15-7-9-1-2-14(13(17)5-9)19-8-10-3-11(16)6-12(18)4-10/h1-6H,7-8H2. The van der Waals surface area contributed by atoms with E-state index in [4.69, 9.17) is 16.3 Å². The zero-order valence-electron chi connectivity index (χ0n) is 9.80. The molecule has 2 rings (SSSR count). The van der Waals surface area contributed by atoms with Crippen molar-refractivity contribution < 1.29 is 9.13 Å².